The van der Waals surface area contributed by atoms with Gasteiger partial charge in [-0.1, -0.05) is 19.4 Å². The van der Waals surface area contributed by atoms with E-state index >= 15 is 0 Å². The molecule has 0 bridgehead atoms. The maximum absolute atomic E-state index is 11.0. The minimum absolute atomic E-state index is 0.0389. The van der Waals surface area contributed by atoms with Gasteiger partial charge in [-0.2, -0.15) is 0 Å². The lowest BCUT2D eigenvalue weighted by Gasteiger charge is -2.05. The topological polar surface area (TPSA) is 66.8 Å². The lowest BCUT2D eigenvalue weighted by atomic mass is 10.1. The van der Waals surface area contributed by atoms with Gasteiger partial charge >= 0.3 is 5.97 Å². The largest absolute Gasteiger partial charge is 0.504 e. The summed E-state index contributed by atoms with van der Waals surface area (Å²) in [6, 6.07) is 4.74. The standard InChI is InChI=1S/C13H16O4/c1-3-4-10(13(15)16)7-9-5-6-11(14)12(8-9)17-2/h5-8,14H,3-4H2,1-2H3,(H,15,16). The Bertz CT molecular complexity index is 435. The third-order valence-electron chi connectivity index (χ3n) is 2.34. The Labute approximate surface area is 100 Å². The van der Waals surface area contributed by atoms with Crippen LogP contribution in [0.3, 0.4) is 0 Å². The molecule has 1 aromatic carbocycles. The van der Waals surface area contributed by atoms with E-state index in [2.05, 4.69) is 0 Å². The Kier molecular flexibility index (Phi) is 4.57. The third kappa shape index (κ3) is 3.52. The van der Waals surface area contributed by atoms with Gasteiger partial charge in [0.25, 0.3) is 0 Å². The van der Waals surface area contributed by atoms with E-state index in [1.807, 2.05) is 6.92 Å². The molecule has 2 N–H and O–H groups in total. The number of phenolic OH excluding ortho intramolecular Hbond substituents is 1. The van der Waals surface area contributed by atoms with Crippen LogP contribution < -0.4 is 4.74 Å². The van der Waals surface area contributed by atoms with Crippen molar-refractivity contribution in [3.05, 3.63) is 29.3 Å². The van der Waals surface area contributed by atoms with Crippen LogP contribution in [-0.2, 0) is 4.79 Å². The summed E-state index contributed by atoms with van der Waals surface area (Å²) in [4.78, 5) is 11.0. The molecule has 92 valence electrons. The molecule has 1 rings (SSSR count). The van der Waals surface area contributed by atoms with Crippen LogP contribution >= 0.6 is 0 Å². The summed E-state index contributed by atoms with van der Waals surface area (Å²) in [5.74, 6) is -0.545. The summed E-state index contributed by atoms with van der Waals surface area (Å²) in [7, 11) is 1.45. The number of hydrogen-bond donors (Lipinski definition) is 2. The molecular formula is C13H16O4. The van der Waals surface area contributed by atoms with Crippen molar-refractivity contribution in [2.24, 2.45) is 0 Å². The van der Waals surface area contributed by atoms with Gasteiger partial charge in [-0.25, -0.2) is 4.79 Å². The smallest absolute Gasteiger partial charge is 0.331 e. The van der Waals surface area contributed by atoms with Gasteiger partial charge in [0.2, 0.25) is 0 Å². The molecule has 1 aromatic rings. The number of ether oxygens (including phenoxy) is 1. The zero-order valence-electron chi connectivity index (χ0n) is 9.93. The van der Waals surface area contributed by atoms with Crippen LogP contribution in [0, 0.1) is 0 Å². The van der Waals surface area contributed by atoms with Crippen molar-refractivity contribution < 1.29 is 19.7 Å². The van der Waals surface area contributed by atoms with Gasteiger partial charge in [0.15, 0.2) is 11.5 Å². The number of methoxy groups -OCH3 is 1. The van der Waals surface area contributed by atoms with Crippen molar-refractivity contribution >= 4 is 12.0 Å². The van der Waals surface area contributed by atoms with Crippen molar-refractivity contribution in [3.63, 3.8) is 0 Å². The summed E-state index contributed by atoms with van der Waals surface area (Å²) in [6.45, 7) is 1.92. The SMILES string of the molecule is CCCC(=Cc1ccc(O)c(OC)c1)C(=O)O. The van der Waals surface area contributed by atoms with Gasteiger partial charge < -0.3 is 14.9 Å². The van der Waals surface area contributed by atoms with Crippen LogP contribution in [0.2, 0.25) is 0 Å². The van der Waals surface area contributed by atoms with Crippen molar-refractivity contribution in [2.45, 2.75) is 19.8 Å². The molecule has 4 nitrogen and oxygen atoms in total. The summed E-state index contributed by atoms with van der Waals surface area (Å²) in [5.41, 5.74) is 1.05. The Balaban J connectivity index is 3.06. The first-order valence-electron chi connectivity index (χ1n) is 5.39. The average molecular weight is 236 g/mol. The predicted octanol–water partition coefficient (Wildman–Crippen LogP) is 2.67. The van der Waals surface area contributed by atoms with Gasteiger partial charge in [-0.15, -0.1) is 0 Å². The number of aromatic hydroxyl groups is 1. The predicted molar refractivity (Wildman–Crippen MR) is 65.2 cm³/mol. The fraction of sp³-hybridized carbons (Fsp3) is 0.308. The van der Waals surface area contributed by atoms with Crippen LogP contribution in [0.25, 0.3) is 6.08 Å². The Hall–Kier alpha value is -1.97. The summed E-state index contributed by atoms with van der Waals surface area (Å²) in [5, 5.41) is 18.4. The number of phenols is 1. The lowest BCUT2D eigenvalue weighted by Crippen LogP contribution is -1.99. The van der Waals surface area contributed by atoms with Gasteiger partial charge in [-0.05, 0) is 30.2 Å². The van der Waals surface area contributed by atoms with Gasteiger partial charge in [0.1, 0.15) is 0 Å². The molecule has 0 aliphatic carbocycles. The number of carboxylic acids is 1. The molecule has 0 heterocycles. The zero-order valence-corrected chi connectivity index (χ0v) is 9.93. The molecule has 0 saturated carbocycles. The third-order valence-corrected chi connectivity index (χ3v) is 2.34. The second kappa shape index (κ2) is 5.94. The van der Waals surface area contributed by atoms with Crippen LogP contribution in [-0.4, -0.2) is 23.3 Å². The molecule has 0 saturated heterocycles. The number of aliphatic carboxylic acids is 1. The first-order chi connectivity index (χ1) is 8.08. The molecular weight excluding hydrogens is 220 g/mol. The summed E-state index contributed by atoms with van der Waals surface area (Å²) >= 11 is 0. The monoisotopic (exact) mass is 236 g/mol. The highest BCUT2D eigenvalue weighted by molar-refractivity contribution is 5.92. The molecule has 0 spiro atoms. The van der Waals surface area contributed by atoms with Crippen LogP contribution in [0.15, 0.2) is 23.8 Å². The molecule has 0 atom stereocenters. The van der Waals surface area contributed by atoms with E-state index in [4.69, 9.17) is 9.84 Å². The second-order valence-corrected chi connectivity index (χ2v) is 3.66. The molecule has 4 heteroatoms. The molecule has 0 aliphatic heterocycles. The first-order valence-corrected chi connectivity index (χ1v) is 5.39. The molecule has 0 radical (unpaired) electrons. The van der Waals surface area contributed by atoms with E-state index in [1.54, 1.807) is 18.2 Å². The molecule has 0 aromatic heterocycles. The van der Waals surface area contributed by atoms with E-state index < -0.39 is 5.97 Å². The highest BCUT2D eigenvalue weighted by Crippen LogP contribution is 2.27. The van der Waals surface area contributed by atoms with Crippen LogP contribution in [0.1, 0.15) is 25.3 Å². The first kappa shape index (κ1) is 13.1. The Morgan fingerprint density at radius 3 is 2.71 bits per heavy atom. The fourth-order valence-electron chi connectivity index (χ4n) is 1.50. The molecule has 17 heavy (non-hydrogen) atoms. The van der Waals surface area contributed by atoms with Crippen LogP contribution in [0.5, 0.6) is 11.5 Å². The summed E-state index contributed by atoms with van der Waals surface area (Å²) in [6.07, 6.45) is 2.87. The lowest BCUT2D eigenvalue weighted by molar-refractivity contribution is -0.132. The second-order valence-electron chi connectivity index (χ2n) is 3.66. The number of rotatable bonds is 5. The van der Waals surface area contributed by atoms with E-state index in [0.717, 1.165) is 6.42 Å². The highest BCUT2D eigenvalue weighted by Gasteiger charge is 2.07. The maximum atomic E-state index is 11.0. The van der Waals surface area contributed by atoms with Crippen LogP contribution in [0.4, 0.5) is 0 Å². The van der Waals surface area contributed by atoms with E-state index in [1.165, 1.54) is 13.2 Å². The van der Waals surface area contributed by atoms with Crippen molar-refractivity contribution in [2.75, 3.05) is 7.11 Å². The van der Waals surface area contributed by atoms with Gasteiger partial charge in [0, 0.05) is 5.57 Å². The van der Waals surface area contributed by atoms with Crippen molar-refractivity contribution in [3.8, 4) is 11.5 Å². The maximum Gasteiger partial charge on any atom is 0.331 e. The molecule has 0 amide bonds. The highest BCUT2D eigenvalue weighted by atomic mass is 16.5. The van der Waals surface area contributed by atoms with E-state index in [9.17, 15) is 9.90 Å². The normalized spacial score (nSPS) is 11.3. The van der Waals surface area contributed by atoms with Gasteiger partial charge in [0.05, 0.1) is 7.11 Å². The van der Waals surface area contributed by atoms with E-state index in [-0.39, 0.29) is 5.75 Å². The number of benzene rings is 1. The van der Waals surface area contributed by atoms with Gasteiger partial charge in [-0.3, -0.25) is 0 Å². The fourth-order valence-corrected chi connectivity index (χ4v) is 1.50. The van der Waals surface area contributed by atoms with Crippen molar-refractivity contribution in [1.82, 2.24) is 0 Å². The Morgan fingerprint density at radius 2 is 2.18 bits per heavy atom. The summed E-state index contributed by atoms with van der Waals surface area (Å²) < 4.78 is 4.96. The molecule has 0 unspecified atom stereocenters. The average Bonchev–Trinajstić information content (AvgIpc) is 2.30. The quantitative estimate of drug-likeness (QED) is 0.771. The number of carbonyl (C=O) groups is 1. The molecule has 0 aliphatic rings. The number of hydrogen-bond acceptors (Lipinski definition) is 3. The number of carboxylic acid groups (broad SMARTS) is 1. The molecule has 0 fully saturated rings. The van der Waals surface area contributed by atoms with E-state index in [0.29, 0.717) is 23.3 Å². The van der Waals surface area contributed by atoms with Crippen molar-refractivity contribution in [1.29, 1.82) is 0 Å². The minimum atomic E-state index is -0.918. The minimum Gasteiger partial charge on any atom is -0.504 e. The Morgan fingerprint density at radius 1 is 1.47 bits per heavy atom. The zero-order chi connectivity index (χ0) is 12.8.